The Labute approximate surface area is 175 Å². The highest BCUT2D eigenvalue weighted by molar-refractivity contribution is 6.06. The van der Waals surface area contributed by atoms with E-state index in [9.17, 15) is 18.0 Å². The van der Waals surface area contributed by atoms with Gasteiger partial charge in [-0.1, -0.05) is 24.3 Å². The average Bonchev–Trinajstić information content (AvgIpc) is 3.17. The molecule has 0 aliphatic carbocycles. The number of methoxy groups -OCH3 is 1. The molecule has 0 aliphatic heterocycles. The Morgan fingerprint density at radius 3 is 2.61 bits per heavy atom. The number of benzene rings is 2. The van der Waals surface area contributed by atoms with Crippen LogP contribution < -0.4 is 10.1 Å². The highest BCUT2D eigenvalue weighted by Crippen LogP contribution is 2.33. The first-order valence-corrected chi connectivity index (χ1v) is 9.25. The summed E-state index contributed by atoms with van der Waals surface area (Å²) in [6, 6.07) is 13.4. The molecule has 2 aromatic carbocycles. The number of carbonyl (C=O) groups is 1. The van der Waals surface area contributed by atoms with Crippen molar-refractivity contribution in [3.63, 3.8) is 0 Å². The Morgan fingerprint density at radius 1 is 1.10 bits per heavy atom. The number of amides is 1. The lowest BCUT2D eigenvalue weighted by atomic mass is 10.0. The molecule has 2 aromatic heterocycles. The number of halogens is 3. The predicted octanol–water partition coefficient (Wildman–Crippen LogP) is 4.98. The zero-order valence-electron chi connectivity index (χ0n) is 16.6. The van der Waals surface area contributed by atoms with Crippen molar-refractivity contribution in [2.75, 3.05) is 12.4 Å². The van der Waals surface area contributed by atoms with Gasteiger partial charge in [0.1, 0.15) is 0 Å². The van der Waals surface area contributed by atoms with Gasteiger partial charge in [-0.05, 0) is 36.8 Å². The number of hydrogen-bond donors (Lipinski definition) is 1. The van der Waals surface area contributed by atoms with Gasteiger partial charge in [0, 0.05) is 17.3 Å². The molecule has 4 aromatic rings. The molecule has 1 N–H and O–H groups in total. The summed E-state index contributed by atoms with van der Waals surface area (Å²) in [6.45, 7) is 1.76. The fraction of sp³-hybridized carbons (Fsp3) is 0.136. The van der Waals surface area contributed by atoms with Crippen molar-refractivity contribution in [1.29, 1.82) is 0 Å². The van der Waals surface area contributed by atoms with E-state index in [-0.39, 0.29) is 0 Å². The number of fused-ring (bicyclic) bond motifs is 1. The Hall–Kier alpha value is -3.88. The van der Waals surface area contributed by atoms with Crippen molar-refractivity contribution in [3.8, 4) is 17.1 Å². The summed E-state index contributed by atoms with van der Waals surface area (Å²) in [5.74, 6) is -0.411. The fourth-order valence-corrected chi connectivity index (χ4v) is 3.15. The molecule has 0 radical (unpaired) electrons. The van der Waals surface area contributed by atoms with E-state index in [1.54, 1.807) is 41.9 Å². The van der Waals surface area contributed by atoms with Crippen LogP contribution in [0.1, 0.15) is 21.5 Å². The maximum absolute atomic E-state index is 13.3. The fourth-order valence-electron chi connectivity index (χ4n) is 3.15. The van der Waals surface area contributed by atoms with Crippen LogP contribution >= 0.6 is 0 Å². The summed E-state index contributed by atoms with van der Waals surface area (Å²) in [5.41, 5.74) is 1.53. The minimum Gasteiger partial charge on any atom is -0.480 e. The quantitative estimate of drug-likeness (QED) is 0.500. The minimum atomic E-state index is -4.63. The van der Waals surface area contributed by atoms with Gasteiger partial charge in [-0.3, -0.25) is 4.79 Å². The lowest BCUT2D eigenvalue weighted by Gasteiger charge is -2.14. The summed E-state index contributed by atoms with van der Waals surface area (Å²) in [7, 11) is 1.51. The minimum absolute atomic E-state index is 0.391. The van der Waals surface area contributed by atoms with Gasteiger partial charge in [-0.2, -0.15) is 13.2 Å². The first-order valence-electron chi connectivity index (χ1n) is 9.25. The lowest BCUT2D eigenvalue weighted by molar-refractivity contribution is -0.137. The van der Waals surface area contributed by atoms with Crippen LogP contribution in [0.2, 0.25) is 0 Å². The van der Waals surface area contributed by atoms with Gasteiger partial charge < -0.3 is 10.1 Å². The number of hydrogen-bond acceptors (Lipinski definition) is 4. The molecule has 2 heterocycles. The molecular weight excluding hydrogens is 409 g/mol. The zero-order valence-corrected chi connectivity index (χ0v) is 16.6. The summed E-state index contributed by atoms with van der Waals surface area (Å²) in [6.07, 6.45) is -2.93. The van der Waals surface area contributed by atoms with Crippen LogP contribution in [0.25, 0.3) is 16.9 Å². The largest absolute Gasteiger partial charge is 0.480 e. The molecule has 0 fully saturated rings. The number of nitrogens with one attached hydrogen (secondary N) is 1. The first-order chi connectivity index (χ1) is 14.8. The SMILES string of the molecule is COc1ccc2nc(-c3ccc(C)c(NC(=O)c4ccccc4C(F)(F)F)c3)cn2n1. The second-order valence-electron chi connectivity index (χ2n) is 6.83. The van der Waals surface area contributed by atoms with Gasteiger partial charge in [0.2, 0.25) is 5.88 Å². The molecule has 158 valence electrons. The zero-order chi connectivity index (χ0) is 22.2. The van der Waals surface area contributed by atoms with Gasteiger partial charge in [-0.15, -0.1) is 5.10 Å². The van der Waals surface area contributed by atoms with E-state index in [0.717, 1.165) is 12.1 Å². The molecule has 6 nitrogen and oxygen atoms in total. The van der Waals surface area contributed by atoms with Crippen LogP contribution in [-0.2, 0) is 6.18 Å². The Balaban J connectivity index is 1.67. The number of alkyl halides is 3. The van der Waals surface area contributed by atoms with Crippen molar-refractivity contribution in [3.05, 3.63) is 77.5 Å². The topological polar surface area (TPSA) is 68.5 Å². The summed E-state index contributed by atoms with van der Waals surface area (Å²) < 4.78 is 46.5. The van der Waals surface area contributed by atoms with Crippen LogP contribution in [-0.4, -0.2) is 27.6 Å². The van der Waals surface area contributed by atoms with E-state index < -0.39 is 23.2 Å². The number of nitrogens with zero attached hydrogens (tertiary/aromatic N) is 3. The number of carbonyl (C=O) groups excluding carboxylic acids is 1. The maximum atomic E-state index is 13.3. The molecule has 9 heteroatoms. The van der Waals surface area contributed by atoms with Crippen molar-refractivity contribution < 1.29 is 22.7 Å². The van der Waals surface area contributed by atoms with E-state index in [2.05, 4.69) is 15.4 Å². The smallest absolute Gasteiger partial charge is 0.417 e. The Kier molecular flexibility index (Phi) is 5.10. The first kappa shape index (κ1) is 20.4. The summed E-state index contributed by atoms with van der Waals surface area (Å²) in [4.78, 5) is 17.1. The molecular formula is C22H17F3N4O2. The molecule has 0 unspecified atom stereocenters. The van der Waals surface area contributed by atoms with Crippen molar-refractivity contribution in [2.45, 2.75) is 13.1 Å². The number of rotatable bonds is 4. The Morgan fingerprint density at radius 2 is 1.87 bits per heavy atom. The number of anilines is 1. The van der Waals surface area contributed by atoms with Crippen LogP contribution in [0.15, 0.2) is 60.8 Å². The monoisotopic (exact) mass is 426 g/mol. The van der Waals surface area contributed by atoms with Crippen LogP contribution in [0, 0.1) is 6.92 Å². The highest BCUT2D eigenvalue weighted by atomic mass is 19.4. The molecule has 4 rings (SSSR count). The number of aromatic nitrogens is 3. The Bertz CT molecular complexity index is 1280. The van der Waals surface area contributed by atoms with E-state index in [1.807, 2.05) is 6.07 Å². The lowest BCUT2D eigenvalue weighted by Crippen LogP contribution is -2.19. The normalized spacial score (nSPS) is 11.5. The third-order valence-corrected chi connectivity index (χ3v) is 4.76. The number of aryl methyl sites for hydroxylation is 1. The second-order valence-corrected chi connectivity index (χ2v) is 6.83. The standard InChI is InChI=1S/C22H17F3N4O2/c1-13-7-8-14(18-12-29-19(26-18)9-10-20(28-29)31-2)11-17(13)27-21(30)15-5-3-4-6-16(15)22(23,24)25/h3-12H,1-2H3,(H,27,30). The third-order valence-electron chi connectivity index (χ3n) is 4.76. The van der Waals surface area contributed by atoms with Gasteiger partial charge in [0.25, 0.3) is 5.91 Å². The van der Waals surface area contributed by atoms with Crippen molar-refractivity contribution in [2.24, 2.45) is 0 Å². The molecule has 0 aliphatic rings. The summed E-state index contributed by atoms with van der Waals surface area (Å²) in [5, 5.41) is 6.85. The molecule has 31 heavy (non-hydrogen) atoms. The van der Waals surface area contributed by atoms with Crippen molar-refractivity contribution >= 4 is 17.2 Å². The second kappa shape index (κ2) is 7.75. The van der Waals surface area contributed by atoms with Crippen LogP contribution in [0.3, 0.4) is 0 Å². The highest BCUT2D eigenvalue weighted by Gasteiger charge is 2.34. The van der Waals surface area contributed by atoms with E-state index in [1.165, 1.54) is 19.2 Å². The third kappa shape index (κ3) is 4.07. The van der Waals surface area contributed by atoms with Gasteiger partial charge in [-0.25, -0.2) is 9.50 Å². The van der Waals surface area contributed by atoms with Gasteiger partial charge in [0.15, 0.2) is 5.65 Å². The average molecular weight is 426 g/mol. The van der Waals surface area contributed by atoms with E-state index >= 15 is 0 Å². The summed E-state index contributed by atoms with van der Waals surface area (Å²) >= 11 is 0. The molecule has 0 spiro atoms. The van der Waals surface area contributed by atoms with Crippen LogP contribution in [0.5, 0.6) is 5.88 Å². The maximum Gasteiger partial charge on any atom is 0.417 e. The molecule has 0 atom stereocenters. The number of imidazole rings is 1. The van der Waals surface area contributed by atoms with Gasteiger partial charge in [0.05, 0.1) is 30.1 Å². The predicted molar refractivity (Wildman–Crippen MR) is 109 cm³/mol. The number of ether oxygens (including phenoxy) is 1. The molecule has 1 amide bonds. The van der Waals surface area contributed by atoms with Crippen molar-refractivity contribution in [1.82, 2.24) is 14.6 Å². The van der Waals surface area contributed by atoms with Gasteiger partial charge >= 0.3 is 6.18 Å². The van der Waals surface area contributed by atoms with E-state index in [0.29, 0.717) is 34.0 Å². The van der Waals surface area contributed by atoms with E-state index in [4.69, 9.17) is 4.74 Å². The van der Waals surface area contributed by atoms with Crippen LogP contribution in [0.4, 0.5) is 18.9 Å². The molecule has 0 bridgehead atoms. The molecule has 0 saturated carbocycles. The molecule has 0 saturated heterocycles.